The molecular weight excluding hydrogens is 462 g/mol. The molecule has 2 heterocycles. The molecule has 0 unspecified atom stereocenters. The van der Waals surface area contributed by atoms with E-state index in [0.29, 0.717) is 5.76 Å². The molecule has 0 spiro atoms. The summed E-state index contributed by atoms with van der Waals surface area (Å²) in [6.45, 7) is 0. The van der Waals surface area contributed by atoms with Crippen molar-refractivity contribution in [1.29, 1.82) is 0 Å². The van der Waals surface area contributed by atoms with E-state index in [-0.39, 0.29) is 11.0 Å². The highest BCUT2D eigenvalue weighted by atomic mass is 32.1. The molecule has 0 aliphatic carbocycles. The number of rotatable bonds is 5. The second kappa shape index (κ2) is 9.82. The number of thiocarbonyl (C=S) groups is 1. The van der Waals surface area contributed by atoms with E-state index in [9.17, 15) is 4.79 Å². The molecule has 166 valence electrons. The van der Waals surface area contributed by atoms with Crippen LogP contribution < -0.4 is 10.6 Å². The Kier molecular flexibility index (Phi) is 6.29. The monoisotopic (exact) mass is 481 g/mol. The van der Waals surface area contributed by atoms with Crippen molar-refractivity contribution in [3.05, 3.63) is 103 Å². The quantitative estimate of drug-likeness (QED) is 0.215. The first-order valence-electron chi connectivity index (χ1n) is 10.6. The van der Waals surface area contributed by atoms with Crippen LogP contribution in [0, 0.1) is 0 Å². The Balaban J connectivity index is 1.24. The van der Waals surface area contributed by atoms with Gasteiger partial charge in [0.2, 0.25) is 5.91 Å². The van der Waals surface area contributed by atoms with Crippen molar-refractivity contribution in [1.82, 2.24) is 10.3 Å². The van der Waals surface area contributed by atoms with Crippen LogP contribution in [-0.2, 0) is 4.79 Å². The third kappa shape index (κ3) is 4.96. The molecule has 0 atom stereocenters. The topological polar surface area (TPSA) is 67.2 Å². The number of furan rings is 1. The van der Waals surface area contributed by atoms with Crippen molar-refractivity contribution >= 4 is 56.6 Å². The summed E-state index contributed by atoms with van der Waals surface area (Å²) < 4.78 is 6.90. The summed E-state index contributed by atoms with van der Waals surface area (Å²) in [4.78, 5) is 17.1. The number of carbonyl (C=O) groups is 1. The third-order valence-corrected chi connectivity index (χ3v) is 6.29. The van der Waals surface area contributed by atoms with Gasteiger partial charge in [0, 0.05) is 17.2 Å². The second-order valence-electron chi connectivity index (χ2n) is 7.38. The molecule has 0 aliphatic rings. The maximum absolute atomic E-state index is 12.4. The first-order valence-corrected chi connectivity index (χ1v) is 11.8. The lowest BCUT2D eigenvalue weighted by Crippen LogP contribution is -2.32. The summed E-state index contributed by atoms with van der Waals surface area (Å²) >= 11 is 6.98. The lowest BCUT2D eigenvalue weighted by atomic mass is 10.2. The zero-order chi connectivity index (χ0) is 23.3. The number of nitrogens with zero attached hydrogens (tertiary/aromatic N) is 1. The van der Waals surface area contributed by atoms with E-state index in [2.05, 4.69) is 10.6 Å². The molecule has 2 aromatic heterocycles. The highest BCUT2D eigenvalue weighted by Gasteiger charge is 2.12. The highest BCUT2D eigenvalue weighted by molar-refractivity contribution is 7.80. The average molecular weight is 482 g/mol. The molecular formula is C27H19N3O2S2. The molecule has 0 aliphatic heterocycles. The lowest BCUT2D eigenvalue weighted by Gasteiger charge is -2.11. The van der Waals surface area contributed by atoms with Gasteiger partial charge in [-0.3, -0.25) is 10.1 Å². The van der Waals surface area contributed by atoms with Gasteiger partial charge in [-0.15, -0.1) is 11.3 Å². The molecule has 3 aromatic carbocycles. The Labute approximate surface area is 205 Å². The number of hydrogen-bond acceptors (Lipinski definition) is 5. The number of aromatic nitrogens is 1. The van der Waals surface area contributed by atoms with E-state index < -0.39 is 0 Å². The van der Waals surface area contributed by atoms with Crippen molar-refractivity contribution < 1.29 is 9.21 Å². The highest BCUT2D eigenvalue weighted by Crippen LogP contribution is 2.34. The maximum Gasteiger partial charge on any atom is 0.250 e. The minimum absolute atomic E-state index is 0.202. The summed E-state index contributed by atoms with van der Waals surface area (Å²) in [6.07, 6.45) is 3.00. The normalized spacial score (nSPS) is 11.1. The number of anilines is 1. The van der Waals surface area contributed by atoms with Crippen LogP contribution >= 0.6 is 23.6 Å². The minimum Gasteiger partial charge on any atom is -0.457 e. The zero-order valence-electron chi connectivity index (χ0n) is 17.9. The van der Waals surface area contributed by atoms with Crippen LogP contribution in [0.1, 0.15) is 5.76 Å². The van der Waals surface area contributed by atoms with Crippen LogP contribution in [0.2, 0.25) is 0 Å². The number of amides is 1. The Bertz CT molecular complexity index is 1470. The fourth-order valence-electron chi connectivity index (χ4n) is 3.43. The molecule has 0 radical (unpaired) electrons. The number of hydrogen-bond donors (Lipinski definition) is 2. The molecule has 0 bridgehead atoms. The zero-order valence-corrected chi connectivity index (χ0v) is 19.5. The average Bonchev–Trinajstić information content (AvgIpc) is 3.51. The van der Waals surface area contributed by atoms with Gasteiger partial charge < -0.3 is 9.73 Å². The van der Waals surface area contributed by atoms with Crippen LogP contribution in [0.25, 0.3) is 38.2 Å². The Morgan fingerprint density at radius 2 is 1.68 bits per heavy atom. The van der Waals surface area contributed by atoms with Gasteiger partial charge in [0.15, 0.2) is 5.11 Å². The largest absolute Gasteiger partial charge is 0.457 e. The number of thiazole rings is 1. The first-order chi connectivity index (χ1) is 16.7. The van der Waals surface area contributed by atoms with Gasteiger partial charge in [-0.1, -0.05) is 54.6 Å². The van der Waals surface area contributed by atoms with Gasteiger partial charge in [-0.2, -0.15) is 0 Å². The number of fused-ring (bicyclic) bond motifs is 1. The van der Waals surface area contributed by atoms with Gasteiger partial charge in [0.1, 0.15) is 16.5 Å². The van der Waals surface area contributed by atoms with Crippen molar-refractivity contribution in [2.75, 3.05) is 5.32 Å². The number of benzene rings is 3. The van der Waals surface area contributed by atoms with Crippen LogP contribution in [0.15, 0.2) is 101 Å². The number of para-hydroxylation sites is 2. The van der Waals surface area contributed by atoms with E-state index >= 15 is 0 Å². The van der Waals surface area contributed by atoms with Gasteiger partial charge in [-0.05, 0) is 54.7 Å². The molecule has 5 aromatic rings. The summed E-state index contributed by atoms with van der Waals surface area (Å²) in [7, 11) is 0. The molecule has 1 amide bonds. The SMILES string of the molecule is O=C(/C=C/c1ccc(-c2ccccc2)o1)NC(=S)Nc1ccccc1-c1nc2ccccc2s1. The molecule has 5 rings (SSSR count). The number of nitrogens with one attached hydrogen (secondary N) is 2. The molecule has 2 N–H and O–H groups in total. The Morgan fingerprint density at radius 1 is 0.912 bits per heavy atom. The van der Waals surface area contributed by atoms with E-state index in [1.165, 1.54) is 6.08 Å². The van der Waals surface area contributed by atoms with Crippen LogP contribution in [0.4, 0.5) is 5.69 Å². The van der Waals surface area contributed by atoms with Gasteiger partial charge in [0.05, 0.1) is 15.9 Å². The maximum atomic E-state index is 12.4. The molecule has 0 saturated heterocycles. The van der Waals surface area contributed by atoms with Crippen molar-refractivity contribution in [2.45, 2.75) is 0 Å². The minimum atomic E-state index is -0.354. The summed E-state index contributed by atoms with van der Waals surface area (Å²) in [5.74, 6) is 0.964. The van der Waals surface area contributed by atoms with Gasteiger partial charge >= 0.3 is 0 Å². The molecule has 34 heavy (non-hydrogen) atoms. The third-order valence-electron chi connectivity index (χ3n) is 5.02. The van der Waals surface area contributed by atoms with E-state index in [0.717, 1.165) is 37.8 Å². The van der Waals surface area contributed by atoms with Gasteiger partial charge in [-0.25, -0.2) is 4.98 Å². The van der Waals surface area contributed by atoms with E-state index in [1.807, 2.05) is 91.0 Å². The summed E-state index contributed by atoms with van der Waals surface area (Å²) in [5.41, 5.74) is 3.62. The summed E-state index contributed by atoms with van der Waals surface area (Å²) in [6, 6.07) is 29.2. The van der Waals surface area contributed by atoms with Crippen LogP contribution in [-0.4, -0.2) is 16.0 Å². The molecule has 7 heteroatoms. The van der Waals surface area contributed by atoms with E-state index in [1.54, 1.807) is 17.4 Å². The summed E-state index contributed by atoms with van der Waals surface area (Å²) in [5, 5.41) is 6.88. The molecule has 0 saturated carbocycles. The molecule has 5 nitrogen and oxygen atoms in total. The predicted octanol–water partition coefficient (Wildman–Crippen LogP) is 6.75. The number of carbonyl (C=O) groups excluding carboxylic acids is 1. The molecule has 0 fully saturated rings. The van der Waals surface area contributed by atoms with Crippen molar-refractivity contribution in [3.8, 4) is 21.9 Å². The van der Waals surface area contributed by atoms with E-state index in [4.69, 9.17) is 21.6 Å². The first kappa shape index (κ1) is 21.8. The van der Waals surface area contributed by atoms with Crippen molar-refractivity contribution in [3.63, 3.8) is 0 Å². The van der Waals surface area contributed by atoms with Crippen molar-refractivity contribution in [2.24, 2.45) is 0 Å². The Hall–Kier alpha value is -4.07. The lowest BCUT2D eigenvalue weighted by molar-refractivity contribution is -0.115. The fraction of sp³-hybridized carbons (Fsp3) is 0. The smallest absolute Gasteiger partial charge is 0.250 e. The van der Waals surface area contributed by atoms with Crippen LogP contribution in [0.5, 0.6) is 0 Å². The fourth-order valence-corrected chi connectivity index (χ4v) is 4.65. The van der Waals surface area contributed by atoms with Crippen LogP contribution in [0.3, 0.4) is 0 Å². The van der Waals surface area contributed by atoms with Gasteiger partial charge in [0.25, 0.3) is 0 Å². The standard InChI is InChI=1S/C27H19N3O2S2/c31-25(17-15-19-14-16-23(32-19)18-8-2-1-3-9-18)30-27(33)29-21-11-5-4-10-20(21)26-28-22-12-6-7-13-24(22)34-26/h1-17H,(H2,29,30,31,33)/b17-15+. The second-order valence-corrected chi connectivity index (χ2v) is 8.82. The Morgan fingerprint density at radius 3 is 2.53 bits per heavy atom. The predicted molar refractivity (Wildman–Crippen MR) is 143 cm³/mol.